The van der Waals surface area contributed by atoms with Gasteiger partial charge in [-0.2, -0.15) is 0 Å². The number of rotatable bonds is 3. The summed E-state index contributed by atoms with van der Waals surface area (Å²) in [5.74, 6) is -1.13. The van der Waals surface area contributed by atoms with Crippen LogP contribution >= 0.6 is 0 Å². The average molecular weight is 242 g/mol. The molecular weight excluding hydrogens is 226 g/mol. The molecule has 1 aromatic carbocycles. The molecule has 1 aromatic rings. The van der Waals surface area contributed by atoms with Crippen LogP contribution in [0.5, 0.6) is 5.75 Å². The molecule has 2 nitrogen and oxygen atoms in total. The molecule has 1 aliphatic rings. The van der Waals surface area contributed by atoms with Crippen molar-refractivity contribution in [2.45, 2.75) is 38.9 Å². The molecule has 0 bridgehead atoms. The van der Waals surface area contributed by atoms with Gasteiger partial charge in [-0.1, -0.05) is 13.8 Å². The summed E-state index contributed by atoms with van der Waals surface area (Å²) in [5.41, 5.74) is -0.331. The van der Waals surface area contributed by atoms with Crippen LogP contribution in [0, 0.1) is 17.0 Å². The highest BCUT2D eigenvalue weighted by atomic mass is 19.1. The Morgan fingerprint density at radius 1 is 1.35 bits per heavy atom. The first kappa shape index (κ1) is 12.3. The lowest BCUT2D eigenvalue weighted by Crippen LogP contribution is -2.57. The average Bonchev–Trinajstić information content (AvgIpc) is 2.26. The van der Waals surface area contributed by atoms with Crippen molar-refractivity contribution in [3.8, 4) is 5.75 Å². The number of aliphatic hydroxyl groups is 1. The van der Waals surface area contributed by atoms with Crippen molar-refractivity contribution in [1.29, 1.82) is 0 Å². The van der Waals surface area contributed by atoms with Crippen LogP contribution in [-0.4, -0.2) is 17.3 Å². The maximum absolute atomic E-state index is 13.0. The minimum atomic E-state index is -0.655. The number of benzene rings is 1. The molecule has 17 heavy (non-hydrogen) atoms. The van der Waals surface area contributed by atoms with Gasteiger partial charge in [0.1, 0.15) is 23.5 Å². The van der Waals surface area contributed by atoms with Crippen LogP contribution < -0.4 is 4.74 Å². The number of hydrogen-bond donors (Lipinski definition) is 1. The van der Waals surface area contributed by atoms with E-state index in [0.717, 1.165) is 24.6 Å². The van der Waals surface area contributed by atoms with E-state index in [1.165, 1.54) is 0 Å². The van der Waals surface area contributed by atoms with E-state index in [-0.39, 0.29) is 17.3 Å². The molecule has 1 saturated carbocycles. The van der Waals surface area contributed by atoms with E-state index in [2.05, 4.69) is 0 Å². The van der Waals surface area contributed by atoms with E-state index in [1.807, 2.05) is 13.8 Å². The van der Waals surface area contributed by atoms with E-state index in [4.69, 9.17) is 4.74 Å². The predicted octanol–water partition coefficient (Wildman–Crippen LogP) is 2.89. The zero-order valence-electron chi connectivity index (χ0n) is 9.91. The maximum Gasteiger partial charge on any atom is 0.129 e. The van der Waals surface area contributed by atoms with Gasteiger partial charge in [0.05, 0.1) is 6.10 Å². The van der Waals surface area contributed by atoms with Gasteiger partial charge in [-0.05, 0) is 6.42 Å². The van der Waals surface area contributed by atoms with Gasteiger partial charge in [0.15, 0.2) is 0 Å². The summed E-state index contributed by atoms with van der Waals surface area (Å²) in [4.78, 5) is 0. The maximum atomic E-state index is 13.0. The summed E-state index contributed by atoms with van der Waals surface area (Å²) >= 11 is 0. The van der Waals surface area contributed by atoms with Crippen molar-refractivity contribution < 1.29 is 18.6 Å². The second-order valence-electron chi connectivity index (χ2n) is 4.82. The fraction of sp³-hybridized carbons (Fsp3) is 0.538. The molecule has 1 aliphatic carbocycles. The molecule has 0 amide bonds. The number of aliphatic hydroxyl groups excluding tert-OH is 1. The summed E-state index contributed by atoms with van der Waals surface area (Å²) in [6.07, 6.45) is 0.665. The minimum absolute atomic E-state index is 0.180. The third-order valence-electron chi connectivity index (χ3n) is 3.81. The smallest absolute Gasteiger partial charge is 0.129 e. The third-order valence-corrected chi connectivity index (χ3v) is 3.81. The number of ether oxygens (including phenoxy) is 1. The first-order valence-electron chi connectivity index (χ1n) is 5.76. The molecule has 94 valence electrons. The Morgan fingerprint density at radius 2 is 1.94 bits per heavy atom. The Balaban J connectivity index is 2.12. The van der Waals surface area contributed by atoms with Gasteiger partial charge in [-0.15, -0.1) is 0 Å². The molecule has 0 saturated heterocycles. The monoisotopic (exact) mass is 242 g/mol. The molecule has 0 aromatic heterocycles. The molecular formula is C13H16F2O2. The van der Waals surface area contributed by atoms with Crippen LogP contribution in [0.15, 0.2) is 18.2 Å². The lowest BCUT2D eigenvalue weighted by atomic mass is 9.63. The van der Waals surface area contributed by atoms with Crippen molar-refractivity contribution in [2.24, 2.45) is 5.41 Å². The fourth-order valence-electron chi connectivity index (χ4n) is 2.20. The highest BCUT2D eigenvalue weighted by Gasteiger charge is 2.51. The quantitative estimate of drug-likeness (QED) is 0.883. The van der Waals surface area contributed by atoms with Gasteiger partial charge in [0.25, 0.3) is 0 Å². The summed E-state index contributed by atoms with van der Waals surface area (Å²) in [7, 11) is 0. The zero-order valence-corrected chi connectivity index (χ0v) is 9.91. The summed E-state index contributed by atoms with van der Waals surface area (Å²) < 4.78 is 31.5. The molecule has 3 atom stereocenters. The third kappa shape index (κ3) is 2.14. The first-order chi connectivity index (χ1) is 7.95. The van der Waals surface area contributed by atoms with Crippen molar-refractivity contribution in [3.63, 3.8) is 0 Å². The van der Waals surface area contributed by atoms with Crippen LogP contribution in [-0.2, 0) is 0 Å². The van der Waals surface area contributed by atoms with Gasteiger partial charge in [0.2, 0.25) is 0 Å². The highest BCUT2D eigenvalue weighted by Crippen LogP contribution is 2.46. The predicted molar refractivity (Wildman–Crippen MR) is 59.8 cm³/mol. The summed E-state index contributed by atoms with van der Waals surface area (Å²) in [6, 6.07) is 3.12. The van der Waals surface area contributed by atoms with E-state index < -0.39 is 17.7 Å². The van der Waals surface area contributed by atoms with Crippen LogP contribution in [0.25, 0.3) is 0 Å². The van der Waals surface area contributed by atoms with E-state index >= 15 is 0 Å². The summed E-state index contributed by atoms with van der Waals surface area (Å²) in [5, 5.41) is 9.70. The van der Waals surface area contributed by atoms with E-state index in [9.17, 15) is 13.9 Å². The molecule has 0 aliphatic heterocycles. The van der Waals surface area contributed by atoms with Crippen molar-refractivity contribution in [1.82, 2.24) is 0 Å². The minimum Gasteiger partial charge on any atom is -0.489 e. The Labute approximate surface area is 99.2 Å². The Bertz CT molecular complexity index is 402. The van der Waals surface area contributed by atoms with Gasteiger partial charge >= 0.3 is 0 Å². The summed E-state index contributed by atoms with van der Waals surface area (Å²) in [6.45, 7) is 3.88. The molecule has 0 radical (unpaired) electrons. The lowest BCUT2D eigenvalue weighted by molar-refractivity contribution is -0.147. The topological polar surface area (TPSA) is 29.5 Å². The Kier molecular flexibility index (Phi) is 3.08. The first-order valence-corrected chi connectivity index (χ1v) is 5.76. The van der Waals surface area contributed by atoms with Crippen molar-refractivity contribution >= 4 is 0 Å². The lowest BCUT2D eigenvalue weighted by Gasteiger charge is -2.50. The van der Waals surface area contributed by atoms with Crippen LogP contribution in [0.1, 0.15) is 26.7 Å². The number of halogens is 2. The second kappa shape index (κ2) is 4.26. The normalized spacial score (nSPS) is 32.1. The molecule has 2 rings (SSSR count). The van der Waals surface area contributed by atoms with Gasteiger partial charge in [-0.25, -0.2) is 8.78 Å². The van der Waals surface area contributed by atoms with Crippen molar-refractivity contribution in [2.75, 3.05) is 0 Å². The number of hydrogen-bond acceptors (Lipinski definition) is 2. The Morgan fingerprint density at radius 3 is 2.41 bits per heavy atom. The van der Waals surface area contributed by atoms with Crippen LogP contribution in [0.4, 0.5) is 8.78 Å². The highest BCUT2D eigenvalue weighted by molar-refractivity contribution is 5.25. The second-order valence-corrected chi connectivity index (χ2v) is 4.82. The molecule has 4 heteroatoms. The van der Waals surface area contributed by atoms with Gasteiger partial charge in [0, 0.05) is 30.0 Å². The fourth-order valence-corrected chi connectivity index (χ4v) is 2.20. The Hall–Kier alpha value is -1.16. The SMILES string of the molecule is CCC1(C)C(O)CC1Oc1cc(F)cc(F)c1. The standard InChI is InChI=1S/C13H16F2O2/c1-3-13(2)11(16)7-12(13)17-10-5-8(14)4-9(15)6-10/h4-6,11-12,16H,3,7H2,1-2H3. The zero-order chi connectivity index (χ0) is 12.6. The van der Waals surface area contributed by atoms with Crippen molar-refractivity contribution in [3.05, 3.63) is 29.8 Å². The van der Waals surface area contributed by atoms with Crippen LogP contribution in [0.3, 0.4) is 0 Å². The molecule has 0 heterocycles. The van der Waals surface area contributed by atoms with Gasteiger partial charge < -0.3 is 9.84 Å². The molecule has 3 unspecified atom stereocenters. The van der Waals surface area contributed by atoms with Crippen LogP contribution in [0.2, 0.25) is 0 Å². The van der Waals surface area contributed by atoms with E-state index in [0.29, 0.717) is 6.42 Å². The van der Waals surface area contributed by atoms with E-state index in [1.54, 1.807) is 0 Å². The molecule has 0 spiro atoms. The molecule has 1 N–H and O–H groups in total. The molecule has 1 fully saturated rings. The van der Waals surface area contributed by atoms with Gasteiger partial charge in [-0.3, -0.25) is 0 Å². The largest absolute Gasteiger partial charge is 0.489 e.